The fourth-order valence-corrected chi connectivity index (χ4v) is 1.97. The molecule has 4 N–H and O–H groups in total. The van der Waals surface area contributed by atoms with Crippen LogP contribution in [0.25, 0.3) is 17.1 Å². The average molecular weight is 344 g/mol. The first-order chi connectivity index (χ1) is 9.78. The molecule has 0 saturated heterocycles. The molecule has 1 amide bonds. The van der Waals surface area contributed by atoms with Crippen LogP contribution >= 0.6 is 24.8 Å². The minimum absolute atomic E-state index is 0. The summed E-state index contributed by atoms with van der Waals surface area (Å²) in [7, 11) is 0. The van der Waals surface area contributed by atoms with Crippen molar-refractivity contribution in [2.75, 3.05) is 13.2 Å². The van der Waals surface area contributed by atoms with Gasteiger partial charge in [0.25, 0.3) is 5.91 Å². The van der Waals surface area contributed by atoms with Crippen molar-refractivity contribution < 1.29 is 9.90 Å². The fourth-order valence-electron chi connectivity index (χ4n) is 1.97. The van der Waals surface area contributed by atoms with E-state index in [2.05, 4.69) is 25.6 Å². The summed E-state index contributed by atoms with van der Waals surface area (Å²) in [4.78, 5) is 23.2. The molecule has 0 spiro atoms. The number of aliphatic hydroxyl groups excluding tert-OH is 1. The molecule has 0 atom stereocenters. The van der Waals surface area contributed by atoms with Crippen LogP contribution in [0.15, 0.2) is 35.2 Å². The molecule has 7 nitrogen and oxygen atoms in total. The first-order valence-electron chi connectivity index (χ1n) is 6.16. The predicted octanol–water partition coefficient (Wildman–Crippen LogP) is 0.815. The maximum absolute atomic E-state index is 11.8. The molecule has 0 aromatic carbocycles. The van der Waals surface area contributed by atoms with Crippen LogP contribution < -0.4 is 10.6 Å². The number of halogens is 2. The molecular weight excluding hydrogens is 329 g/mol. The highest BCUT2D eigenvalue weighted by Crippen LogP contribution is 2.20. The van der Waals surface area contributed by atoms with E-state index in [1.54, 1.807) is 18.5 Å². The summed E-state index contributed by atoms with van der Waals surface area (Å²) in [5.41, 5.74) is 1.93. The number of pyridine rings is 1. The highest BCUT2D eigenvalue weighted by atomic mass is 35.5. The minimum Gasteiger partial charge on any atom is -0.395 e. The van der Waals surface area contributed by atoms with E-state index in [4.69, 9.17) is 5.11 Å². The summed E-state index contributed by atoms with van der Waals surface area (Å²) < 4.78 is 0. The van der Waals surface area contributed by atoms with Crippen LogP contribution in [0.4, 0.5) is 0 Å². The molecule has 0 unspecified atom stereocenters. The van der Waals surface area contributed by atoms with Crippen LogP contribution in [0.5, 0.6) is 0 Å². The molecule has 3 heterocycles. The number of H-pyrrole nitrogens is 1. The van der Waals surface area contributed by atoms with E-state index < -0.39 is 0 Å². The molecule has 0 radical (unpaired) electrons. The van der Waals surface area contributed by atoms with Crippen molar-refractivity contribution in [1.82, 2.24) is 20.6 Å². The lowest BCUT2D eigenvalue weighted by Crippen LogP contribution is -2.37. The Bertz CT molecular complexity index is 726. The maximum atomic E-state index is 11.8. The Morgan fingerprint density at radius 2 is 2.18 bits per heavy atom. The van der Waals surface area contributed by atoms with Gasteiger partial charge in [0.2, 0.25) is 5.96 Å². The van der Waals surface area contributed by atoms with Crippen molar-refractivity contribution >= 4 is 53.8 Å². The predicted molar refractivity (Wildman–Crippen MR) is 89.2 cm³/mol. The second kappa shape index (κ2) is 7.79. The van der Waals surface area contributed by atoms with Crippen LogP contribution in [0.3, 0.4) is 0 Å². The molecule has 0 fully saturated rings. The Hall–Kier alpha value is -2.09. The topological polar surface area (TPSA) is 102 Å². The van der Waals surface area contributed by atoms with Crippen molar-refractivity contribution in [3.8, 4) is 0 Å². The lowest BCUT2D eigenvalue weighted by Gasteiger charge is -2.00. The number of aromatic nitrogens is 2. The molecule has 1 aliphatic heterocycles. The Morgan fingerprint density at radius 3 is 2.95 bits per heavy atom. The quantitative estimate of drug-likeness (QED) is 0.619. The number of nitrogens with one attached hydrogen (secondary N) is 3. The number of aliphatic hydroxyl groups is 1. The molecule has 2 aromatic rings. The summed E-state index contributed by atoms with van der Waals surface area (Å²) in [6.45, 7) is 0.311. The molecule has 0 aliphatic carbocycles. The van der Waals surface area contributed by atoms with Gasteiger partial charge >= 0.3 is 0 Å². The van der Waals surface area contributed by atoms with Gasteiger partial charge in [0, 0.05) is 29.9 Å². The minimum atomic E-state index is -0.274. The third-order valence-corrected chi connectivity index (χ3v) is 2.88. The van der Waals surface area contributed by atoms with Crippen LogP contribution in [0, 0.1) is 0 Å². The van der Waals surface area contributed by atoms with Crippen LogP contribution in [0.1, 0.15) is 5.56 Å². The first kappa shape index (κ1) is 18.0. The standard InChI is InChI=1S/C13H13N5O2.2ClH/c19-5-4-15-13-17-10(12(20)18-13)6-8-7-16-11-9(8)2-1-3-14-11;;/h1-3,6-7,19H,4-5H2,(H,14,16)(H2,15,17,18,20);2*1H. The Labute approximate surface area is 138 Å². The van der Waals surface area contributed by atoms with Gasteiger partial charge in [-0.3, -0.25) is 10.1 Å². The van der Waals surface area contributed by atoms with Gasteiger partial charge in [-0.15, -0.1) is 24.8 Å². The second-order valence-electron chi connectivity index (χ2n) is 4.24. The number of guanidine groups is 1. The van der Waals surface area contributed by atoms with Gasteiger partial charge in [0.05, 0.1) is 6.61 Å². The lowest BCUT2D eigenvalue weighted by atomic mass is 10.2. The van der Waals surface area contributed by atoms with E-state index in [0.29, 0.717) is 18.2 Å². The van der Waals surface area contributed by atoms with Crippen molar-refractivity contribution in [3.63, 3.8) is 0 Å². The number of nitrogens with zero attached hydrogens (tertiary/aromatic N) is 2. The van der Waals surface area contributed by atoms with Crippen LogP contribution in [-0.2, 0) is 4.79 Å². The van der Waals surface area contributed by atoms with Gasteiger partial charge < -0.3 is 15.4 Å². The van der Waals surface area contributed by atoms with Gasteiger partial charge in [-0.05, 0) is 18.2 Å². The third-order valence-electron chi connectivity index (χ3n) is 2.88. The normalized spacial score (nSPS) is 15.0. The molecule has 1 aliphatic rings. The Morgan fingerprint density at radius 1 is 1.36 bits per heavy atom. The number of carbonyl (C=O) groups is 1. The SMILES string of the molecule is Cl.Cl.O=C1NC(NCCO)=NC1=Cc1c[nH]c2ncccc12. The second-order valence-corrected chi connectivity index (χ2v) is 4.24. The number of aromatic amines is 1. The summed E-state index contributed by atoms with van der Waals surface area (Å²) >= 11 is 0. The largest absolute Gasteiger partial charge is 0.395 e. The highest BCUT2D eigenvalue weighted by molar-refractivity contribution is 6.14. The van der Waals surface area contributed by atoms with Gasteiger partial charge in [0.1, 0.15) is 11.3 Å². The molecular formula is C13H15Cl2N5O2. The van der Waals surface area contributed by atoms with Gasteiger partial charge in [0.15, 0.2) is 0 Å². The third kappa shape index (κ3) is 3.56. The van der Waals surface area contributed by atoms with E-state index in [9.17, 15) is 4.79 Å². The zero-order valence-corrected chi connectivity index (χ0v) is 13.0. The van der Waals surface area contributed by atoms with Gasteiger partial charge in [-0.1, -0.05) is 0 Å². The maximum Gasteiger partial charge on any atom is 0.276 e. The van der Waals surface area contributed by atoms with Crippen LogP contribution in [0.2, 0.25) is 0 Å². The van der Waals surface area contributed by atoms with E-state index in [-0.39, 0.29) is 37.3 Å². The zero-order chi connectivity index (χ0) is 13.9. The van der Waals surface area contributed by atoms with E-state index >= 15 is 0 Å². The number of hydrogen-bond acceptors (Lipinski definition) is 5. The van der Waals surface area contributed by atoms with E-state index in [0.717, 1.165) is 16.6 Å². The lowest BCUT2D eigenvalue weighted by molar-refractivity contribution is -0.115. The van der Waals surface area contributed by atoms with Gasteiger partial charge in [-0.25, -0.2) is 9.98 Å². The number of rotatable bonds is 3. The first-order valence-corrected chi connectivity index (χ1v) is 6.16. The van der Waals surface area contributed by atoms with Crippen LogP contribution in [-0.4, -0.2) is 40.1 Å². The van der Waals surface area contributed by atoms with E-state index in [1.165, 1.54) is 0 Å². The number of carbonyl (C=O) groups excluding carboxylic acids is 1. The van der Waals surface area contributed by atoms with Crippen molar-refractivity contribution in [2.45, 2.75) is 0 Å². The van der Waals surface area contributed by atoms with Crippen molar-refractivity contribution in [2.24, 2.45) is 4.99 Å². The number of hydrogen-bond donors (Lipinski definition) is 4. The molecule has 118 valence electrons. The van der Waals surface area contributed by atoms with Crippen molar-refractivity contribution in [3.05, 3.63) is 35.8 Å². The summed E-state index contributed by atoms with van der Waals surface area (Å²) in [5.74, 6) is 0.0805. The van der Waals surface area contributed by atoms with Gasteiger partial charge in [-0.2, -0.15) is 0 Å². The number of fused-ring (bicyclic) bond motifs is 1. The average Bonchev–Trinajstić information content (AvgIpc) is 3.02. The smallest absolute Gasteiger partial charge is 0.276 e. The van der Waals surface area contributed by atoms with Crippen molar-refractivity contribution in [1.29, 1.82) is 0 Å². The molecule has 0 saturated carbocycles. The molecule has 2 aromatic heterocycles. The molecule has 9 heteroatoms. The number of aliphatic imine (C=N–C) groups is 1. The Balaban J connectivity index is 0.00000121. The summed E-state index contributed by atoms with van der Waals surface area (Å²) in [5, 5.41) is 15.1. The monoisotopic (exact) mass is 343 g/mol. The Kier molecular flexibility index (Phi) is 6.36. The highest BCUT2D eigenvalue weighted by Gasteiger charge is 2.19. The molecule has 3 rings (SSSR count). The molecule has 0 bridgehead atoms. The molecule has 22 heavy (non-hydrogen) atoms. The summed E-state index contributed by atoms with van der Waals surface area (Å²) in [6, 6.07) is 3.76. The fraction of sp³-hybridized carbons (Fsp3) is 0.154. The zero-order valence-electron chi connectivity index (χ0n) is 11.4. The summed E-state index contributed by atoms with van der Waals surface area (Å²) in [6.07, 6.45) is 5.18. The number of amides is 1. The van der Waals surface area contributed by atoms with E-state index in [1.807, 2.05) is 12.1 Å².